The summed E-state index contributed by atoms with van der Waals surface area (Å²) in [4.78, 5) is 25.4. The van der Waals surface area contributed by atoms with Gasteiger partial charge in [0.15, 0.2) is 0 Å². The molecule has 0 fully saturated rings. The fourth-order valence-electron chi connectivity index (χ4n) is 3.01. The number of hydrogen-bond acceptors (Lipinski definition) is 7. The van der Waals surface area contributed by atoms with Crippen molar-refractivity contribution in [3.63, 3.8) is 0 Å². The monoisotopic (exact) mass is 491 g/mol. The molecule has 0 spiro atoms. The zero-order valence-electron chi connectivity index (χ0n) is 18.6. The molecule has 0 aliphatic carbocycles. The van der Waals surface area contributed by atoms with Crippen LogP contribution in [-0.4, -0.2) is 27.8 Å². The minimum Gasteiger partial charge on any atom is -0.400 e. The molecule has 10 heteroatoms. The van der Waals surface area contributed by atoms with Crippen molar-refractivity contribution in [3.05, 3.63) is 71.0 Å². The van der Waals surface area contributed by atoms with Crippen molar-refractivity contribution in [2.75, 3.05) is 11.1 Å². The van der Waals surface area contributed by atoms with E-state index in [9.17, 15) is 9.59 Å². The third kappa shape index (κ3) is 9.35. The summed E-state index contributed by atoms with van der Waals surface area (Å²) in [5.74, 6) is 4.58. The van der Waals surface area contributed by atoms with Crippen LogP contribution >= 0.6 is 23.4 Å². The number of hydrazine groups is 1. The molecule has 8 nitrogen and oxygen atoms in total. The molecule has 2 aromatic rings. The van der Waals surface area contributed by atoms with Crippen LogP contribution in [0.4, 0.5) is 5.69 Å². The molecule has 2 aromatic carbocycles. The Hall–Kier alpha value is -2.72. The molecule has 0 aromatic heterocycles. The van der Waals surface area contributed by atoms with Gasteiger partial charge in [0.2, 0.25) is 5.91 Å². The molecule has 0 radical (unpaired) electrons. The number of nitrogens with two attached hydrogens (primary N) is 2. The minimum absolute atomic E-state index is 0.112. The molecule has 0 saturated carbocycles. The van der Waals surface area contributed by atoms with Gasteiger partial charge in [-0.05, 0) is 54.3 Å². The average Bonchev–Trinajstić information content (AvgIpc) is 2.77. The van der Waals surface area contributed by atoms with Crippen molar-refractivity contribution in [2.45, 2.75) is 31.7 Å². The van der Waals surface area contributed by atoms with E-state index in [2.05, 4.69) is 5.32 Å². The van der Waals surface area contributed by atoms with Crippen molar-refractivity contribution in [1.29, 1.82) is 0 Å². The van der Waals surface area contributed by atoms with Crippen LogP contribution in [0.5, 0.6) is 0 Å². The Bertz CT molecular complexity index is 952. The second kappa shape index (κ2) is 13.1. The Labute approximate surface area is 203 Å². The van der Waals surface area contributed by atoms with E-state index in [0.717, 1.165) is 10.5 Å². The minimum atomic E-state index is -0.979. The lowest BCUT2D eigenvalue weighted by Crippen LogP contribution is -2.37. The lowest BCUT2D eigenvalue weighted by atomic mass is 9.95. The Balaban J connectivity index is 1.89. The molecule has 2 rings (SSSR count). The number of anilines is 1. The van der Waals surface area contributed by atoms with Crippen LogP contribution < -0.4 is 22.4 Å². The van der Waals surface area contributed by atoms with E-state index in [1.54, 1.807) is 35.6 Å². The zero-order chi connectivity index (χ0) is 24.4. The fourth-order valence-corrected chi connectivity index (χ4v) is 3.87. The van der Waals surface area contributed by atoms with Crippen LogP contribution in [-0.2, 0) is 16.1 Å². The standard InChI is InChI=1S/C23H30ClN5O3S/c1-15(2)11-21(23(31)28-32)22(30)27-19-7-3-16(4-8-19)12-29(26)13-18(25)14-33-20-9-5-17(24)6-10-20/h3-10,13,15,21,32H,11-12,14,25-26H2,1-2H3,(H,27,30)(H,28,31)/b18-13-. The van der Waals surface area contributed by atoms with Gasteiger partial charge in [0.25, 0.3) is 5.91 Å². The summed E-state index contributed by atoms with van der Waals surface area (Å²) >= 11 is 7.47. The Morgan fingerprint density at radius 1 is 1.12 bits per heavy atom. The largest absolute Gasteiger partial charge is 0.400 e. The average molecular weight is 492 g/mol. The number of nitrogens with zero attached hydrogens (tertiary/aromatic N) is 1. The third-order valence-corrected chi connectivity index (χ3v) is 5.92. The lowest BCUT2D eigenvalue weighted by Gasteiger charge is -2.17. The highest BCUT2D eigenvalue weighted by atomic mass is 35.5. The number of halogens is 1. The van der Waals surface area contributed by atoms with Crippen LogP contribution in [0, 0.1) is 11.8 Å². The van der Waals surface area contributed by atoms with E-state index in [1.807, 2.05) is 50.2 Å². The highest BCUT2D eigenvalue weighted by Crippen LogP contribution is 2.21. The third-order valence-electron chi connectivity index (χ3n) is 4.59. The van der Waals surface area contributed by atoms with Crippen molar-refractivity contribution >= 4 is 40.9 Å². The van der Waals surface area contributed by atoms with Crippen molar-refractivity contribution in [2.24, 2.45) is 23.4 Å². The molecule has 0 saturated heterocycles. The van der Waals surface area contributed by atoms with Gasteiger partial charge >= 0.3 is 0 Å². The second-order valence-corrected chi connectivity index (χ2v) is 9.45. The Morgan fingerprint density at radius 2 is 1.76 bits per heavy atom. The molecular formula is C23H30ClN5O3S. The maximum Gasteiger partial charge on any atom is 0.255 e. The van der Waals surface area contributed by atoms with Gasteiger partial charge in [0.05, 0.1) is 6.54 Å². The van der Waals surface area contributed by atoms with Crippen molar-refractivity contribution in [1.82, 2.24) is 10.5 Å². The summed E-state index contributed by atoms with van der Waals surface area (Å²) in [5.41, 5.74) is 9.72. The number of hydroxylamine groups is 1. The number of nitrogens with one attached hydrogen (secondary N) is 2. The predicted octanol–water partition coefficient (Wildman–Crippen LogP) is 3.71. The first-order valence-electron chi connectivity index (χ1n) is 10.4. The molecule has 0 aliphatic rings. The van der Waals surface area contributed by atoms with Crippen LogP contribution in [0.25, 0.3) is 0 Å². The molecule has 0 bridgehead atoms. The molecule has 0 heterocycles. The van der Waals surface area contributed by atoms with Crippen molar-refractivity contribution < 1.29 is 14.8 Å². The number of thioether (sulfide) groups is 1. The van der Waals surface area contributed by atoms with Gasteiger partial charge in [-0.15, -0.1) is 11.8 Å². The van der Waals surface area contributed by atoms with Gasteiger partial charge in [-0.25, -0.2) is 11.3 Å². The van der Waals surface area contributed by atoms with Crippen LogP contribution in [0.15, 0.2) is 65.3 Å². The topological polar surface area (TPSA) is 134 Å². The highest BCUT2D eigenvalue weighted by Gasteiger charge is 2.27. The maximum absolute atomic E-state index is 12.5. The van der Waals surface area contributed by atoms with Gasteiger partial charge in [-0.2, -0.15) is 0 Å². The molecule has 7 N–H and O–H groups in total. The van der Waals surface area contributed by atoms with Crippen LogP contribution in [0.2, 0.25) is 5.02 Å². The smallest absolute Gasteiger partial charge is 0.255 e. The fraction of sp³-hybridized carbons (Fsp3) is 0.304. The Morgan fingerprint density at radius 3 is 2.33 bits per heavy atom. The van der Waals surface area contributed by atoms with Gasteiger partial charge in [0.1, 0.15) is 5.92 Å². The predicted molar refractivity (Wildman–Crippen MR) is 132 cm³/mol. The van der Waals surface area contributed by atoms with Gasteiger partial charge in [0, 0.05) is 33.3 Å². The summed E-state index contributed by atoms with van der Waals surface area (Å²) in [6.07, 6.45) is 2.01. The van der Waals surface area contributed by atoms with E-state index in [0.29, 0.717) is 35.1 Å². The molecule has 2 amide bonds. The van der Waals surface area contributed by atoms with E-state index >= 15 is 0 Å². The molecule has 1 atom stereocenters. The number of rotatable bonds is 11. The van der Waals surface area contributed by atoms with Crippen LogP contribution in [0.1, 0.15) is 25.8 Å². The number of benzene rings is 2. The normalized spacial score (nSPS) is 12.4. The molecule has 0 aliphatic heterocycles. The summed E-state index contributed by atoms with van der Waals surface area (Å²) in [6.45, 7) is 4.22. The first-order chi connectivity index (χ1) is 15.7. The van der Waals surface area contributed by atoms with Gasteiger partial charge < -0.3 is 16.1 Å². The van der Waals surface area contributed by atoms with Gasteiger partial charge in [-0.1, -0.05) is 37.6 Å². The van der Waals surface area contributed by atoms with E-state index in [-0.39, 0.29) is 5.92 Å². The Kier molecular flexibility index (Phi) is 10.5. The summed E-state index contributed by atoms with van der Waals surface area (Å²) in [6, 6.07) is 14.6. The summed E-state index contributed by atoms with van der Waals surface area (Å²) in [5, 5.41) is 13.8. The first-order valence-corrected chi connectivity index (χ1v) is 11.7. The van der Waals surface area contributed by atoms with Crippen LogP contribution in [0.3, 0.4) is 0 Å². The zero-order valence-corrected chi connectivity index (χ0v) is 20.2. The molecular weight excluding hydrogens is 462 g/mol. The van der Waals surface area contributed by atoms with Crippen molar-refractivity contribution in [3.8, 4) is 0 Å². The second-order valence-electron chi connectivity index (χ2n) is 7.96. The molecule has 178 valence electrons. The quantitative estimate of drug-likeness (QED) is 0.106. The summed E-state index contributed by atoms with van der Waals surface area (Å²) in [7, 11) is 0. The van der Waals surface area contributed by atoms with E-state index in [4.69, 9.17) is 28.4 Å². The van der Waals surface area contributed by atoms with Gasteiger partial charge in [-0.3, -0.25) is 14.8 Å². The number of hydrogen-bond donors (Lipinski definition) is 5. The summed E-state index contributed by atoms with van der Waals surface area (Å²) < 4.78 is 0. The van der Waals surface area contributed by atoms with E-state index in [1.165, 1.54) is 5.01 Å². The highest BCUT2D eigenvalue weighted by molar-refractivity contribution is 7.99. The number of amides is 2. The SMILES string of the molecule is CC(C)CC(C(=O)NO)C(=O)Nc1ccc(CN(N)/C=C(\N)CSc2ccc(Cl)cc2)cc1. The molecule has 33 heavy (non-hydrogen) atoms. The van der Waals surface area contributed by atoms with E-state index < -0.39 is 17.7 Å². The maximum atomic E-state index is 12.5. The lowest BCUT2D eigenvalue weighted by molar-refractivity contribution is -0.139. The number of carbonyl (C=O) groups excluding carboxylic acids is 2. The number of carbonyl (C=O) groups is 2. The first kappa shape index (κ1) is 26.5. The molecule has 1 unspecified atom stereocenters.